The van der Waals surface area contributed by atoms with Gasteiger partial charge in [-0.05, 0) is 44.4 Å². The van der Waals surface area contributed by atoms with Crippen molar-refractivity contribution in [3.63, 3.8) is 0 Å². The highest BCUT2D eigenvalue weighted by Gasteiger charge is 2.45. The van der Waals surface area contributed by atoms with Gasteiger partial charge in [0.15, 0.2) is 0 Å². The second-order valence-electron chi connectivity index (χ2n) is 21.3. The monoisotopic (exact) mass is 1130 g/mol. The number of phenols is 1. The number of nitrogens with one attached hydrogen (secondary N) is 9. The number of primary amides is 1. The van der Waals surface area contributed by atoms with E-state index in [1.807, 2.05) is 4.90 Å². The number of hydrogen-bond acceptors (Lipinski definition) is 18. The zero-order valence-electron chi connectivity index (χ0n) is 45.1. The summed E-state index contributed by atoms with van der Waals surface area (Å²) in [6, 6.07) is -6.55. The van der Waals surface area contributed by atoms with Gasteiger partial charge in [-0.25, -0.2) is 4.79 Å². The number of aliphatic hydroxyl groups is 3. The van der Waals surface area contributed by atoms with E-state index in [0.717, 1.165) is 16.7 Å². The van der Waals surface area contributed by atoms with Crippen molar-refractivity contribution in [2.24, 2.45) is 17.6 Å². The van der Waals surface area contributed by atoms with E-state index in [-0.39, 0.29) is 16.5 Å². The largest absolute Gasteiger partial charge is 0.506 e. The maximum absolute atomic E-state index is 14.8. The number of rotatable bonds is 11. The predicted octanol–water partition coefficient (Wildman–Crippen LogP) is -4.29. The first-order valence-corrected chi connectivity index (χ1v) is 27.3. The summed E-state index contributed by atoms with van der Waals surface area (Å²) in [5.41, 5.74) is 5.93. The molecule has 0 unspecified atom stereocenters. The molecule has 0 saturated carbocycles. The molecule has 10 amide bonds. The molecule has 5 heterocycles. The highest BCUT2D eigenvalue weighted by atomic mass is 32.2. The van der Waals surface area contributed by atoms with E-state index in [9.17, 15) is 68.4 Å². The summed E-state index contributed by atoms with van der Waals surface area (Å²) in [6.45, 7) is 9.81. The SMILES string of the molecule is CC[C@H](C)[C@@H]1NC(=O)CNC(=O)[C@H]2Cc3c([nH]c4c(N5CCN(CCNC(=O)OC(C)(C)C)CC5)c(O)ccc34)SC[C@H](NC(=O)CNC1=O)C(=O)N[C@@H](CC(N)=O)C(=O)N1C[C@H](O)C[C@H]1C(=O)N[C@@H]([C@@H](C)[C@@H](O)CO)C(=O)N2. The van der Waals surface area contributed by atoms with Crippen molar-refractivity contribution in [3.8, 4) is 5.75 Å². The van der Waals surface area contributed by atoms with Crippen LogP contribution in [0, 0.1) is 11.8 Å². The minimum atomic E-state index is -1.79. The molecule has 0 aliphatic carbocycles. The molecular formula is C50H75N13O15S. The van der Waals surface area contributed by atoms with Gasteiger partial charge in [0, 0.05) is 75.7 Å². The number of H-pyrrole nitrogens is 1. The number of piperazine rings is 1. The van der Waals surface area contributed by atoms with E-state index >= 15 is 0 Å². The number of aliphatic hydroxyl groups excluding tert-OH is 3. The Morgan fingerprint density at radius 1 is 0.861 bits per heavy atom. The fourth-order valence-electron chi connectivity index (χ4n) is 9.76. The third-order valence-corrected chi connectivity index (χ3v) is 15.4. The molecule has 6 rings (SSSR count). The van der Waals surface area contributed by atoms with Crippen molar-refractivity contribution in [2.45, 2.75) is 126 Å². The lowest BCUT2D eigenvalue weighted by Crippen LogP contribution is -2.62. The molecule has 2 fully saturated rings. The molecule has 15 N–H and O–H groups in total. The molecule has 2 aromatic rings. The van der Waals surface area contributed by atoms with Crippen LogP contribution in [0.5, 0.6) is 5.75 Å². The maximum Gasteiger partial charge on any atom is 0.407 e. The van der Waals surface area contributed by atoms with Crippen LogP contribution < -0.4 is 53.2 Å². The molecule has 4 aliphatic rings. The Balaban J connectivity index is 1.49. The summed E-state index contributed by atoms with van der Waals surface area (Å²) in [5.74, 6) is -11.0. The Labute approximate surface area is 460 Å². The number of carbonyl (C=O) groups is 10. The summed E-state index contributed by atoms with van der Waals surface area (Å²) in [4.78, 5) is 147. The number of aromatic amines is 1. The standard InChI is InChI=1S/C50H75N13O15S/c1-7-24(2)38-45(74)54-19-36(69)55-31-23-79-47-28(27-8-9-33(66)41(40(27)60-47)62-14-12-61(13-15-62)11-10-52-49(77)78-50(4,5)6)17-29(42(71)53-20-37(70)58-38)56-46(75)39(25(3)34(67)22-64)59-44(73)32-16-26(65)21-63(32)48(76)30(18-35(51)68)57-43(31)72/h8-9,24-26,29-32,34,38-39,60,64-67H,7,10-23H2,1-6H3,(H2,51,68)(H,52,77)(H,53,71)(H,54,74)(H,55,69)(H,56,75)(H,57,72)(H,58,70)(H,59,73)/t24-,25-,26+,29+,30-,31-,32-,34-,38-,39-/m0/s1. The third-order valence-electron chi connectivity index (χ3n) is 14.3. The van der Waals surface area contributed by atoms with Crippen LogP contribution in [-0.2, 0) is 54.3 Å². The lowest BCUT2D eigenvalue weighted by Gasteiger charge is -2.36. The van der Waals surface area contributed by atoms with Gasteiger partial charge in [0.05, 0.1) is 48.9 Å². The number of benzene rings is 1. The zero-order valence-corrected chi connectivity index (χ0v) is 46.0. The van der Waals surface area contributed by atoms with Gasteiger partial charge in [-0.1, -0.05) is 27.2 Å². The van der Waals surface area contributed by atoms with Gasteiger partial charge in [-0.3, -0.25) is 48.1 Å². The van der Waals surface area contributed by atoms with Gasteiger partial charge >= 0.3 is 6.09 Å². The molecule has 1 aromatic heterocycles. The minimum absolute atomic E-state index is 0.142. The van der Waals surface area contributed by atoms with Crippen LogP contribution in [-0.4, -0.2) is 220 Å². The molecule has 436 valence electrons. The van der Waals surface area contributed by atoms with Crippen LogP contribution in [0.2, 0.25) is 0 Å². The molecule has 2 saturated heterocycles. The molecule has 29 heteroatoms. The molecule has 2 bridgehead atoms. The van der Waals surface area contributed by atoms with Crippen LogP contribution >= 0.6 is 11.8 Å². The van der Waals surface area contributed by atoms with Gasteiger partial charge in [0.25, 0.3) is 0 Å². The van der Waals surface area contributed by atoms with E-state index in [2.05, 4.69) is 52.4 Å². The van der Waals surface area contributed by atoms with Gasteiger partial charge in [-0.15, -0.1) is 11.8 Å². The van der Waals surface area contributed by atoms with Crippen molar-refractivity contribution < 1.29 is 73.1 Å². The van der Waals surface area contributed by atoms with Crippen molar-refractivity contribution in [1.82, 2.24) is 57.3 Å². The molecular weight excluding hydrogens is 1050 g/mol. The minimum Gasteiger partial charge on any atom is -0.506 e. The summed E-state index contributed by atoms with van der Waals surface area (Å²) in [6.07, 6.45) is -4.76. The number of aromatic hydroxyl groups is 1. The van der Waals surface area contributed by atoms with Crippen LogP contribution in [0.3, 0.4) is 0 Å². The topological polar surface area (TPSA) is 409 Å². The molecule has 1 aromatic carbocycles. The number of alkyl carbamates (subject to hydrolysis) is 1. The third kappa shape index (κ3) is 15.9. The Kier molecular flexibility index (Phi) is 20.8. The van der Waals surface area contributed by atoms with E-state index in [0.29, 0.717) is 67.8 Å². The molecule has 28 nitrogen and oxygen atoms in total. The Morgan fingerprint density at radius 2 is 1.53 bits per heavy atom. The van der Waals surface area contributed by atoms with E-state index in [4.69, 9.17) is 10.5 Å². The fourth-order valence-corrected chi connectivity index (χ4v) is 10.9. The first-order chi connectivity index (χ1) is 37.3. The van der Waals surface area contributed by atoms with Crippen LogP contribution in [0.15, 0.2) is 17.2 Å². The molecule has 79 heavy (non-hydrogen) atoms. The molecule has 0 spiro atoms. The second kappa shape index (κ2) is 26.8. The van der Waals surface area contributed by atoms with Gasteiger partial charge < -0.3 is 88.2 Å². The number of carbonyl (C=O) groups excluding carboxylic acids is 10. The van der Waals surface area contributed by atoms with E-state index < -0.39 is 171 Å². The summed E-state index contributed by atoms with van der Waals surface area (Å²) >= 11 is 0.948. The summed E-state index contributed by atoms with van der Waals surface area (Å²) < 4.78 is 5.35. The molecule has 0 radical (unpaired) electrons. The van der Waals surface area contributed by atoms with Crippen molar-refractivity contribution in [3.05, 3.63) is 17.7 Å². The molecule has 10 atom stereocenters. The number of anilines is 1. The Hall–Kier alpha value is -6.95. The number of amides is 10. The number of hydrogen-bond donors (Lipinski definition) is 14. The van der Waals surface area contributed by atoms with E-state index in [1.54, 1.807) is 40.7 Å². The average molecular weight is 1130 g/mol. The number of aromatic nitrogens is 1. The van der Waals surface area contributed by atoms with Crippen molar-refractivity contribution in [2.75, 3.05) is 76.2 Å². The zero-order chi connectivity index (χ0) is 58.0. The van der Waals surface area contributed by atoms with Crippen LogP contribution in [0.1, 0.15) is 66.4 Å². The van der Waals surface area contributed by atoms with Gasteiger partial charge in [-0.2, -0.15) is 0 Å². The number of thioether (sulfide) groups is 1. The van der Waals surface area contributed by atoms with Gasteiger partial charge in [0.1, 0.15) is 53.3 Å². The maximum atomic E-state index is 14.8. The first-order valence-electron chi connectivity index (χ1n) is 26.3. The highest BCUT2D eigenvalue weighted by Crippen LogP contribution is 2.41. The highest BCUT2D eigenvalue weighted by molar-refractivity contribution is 7.99. The number of nitrogens with two attached hydrogens (primary N) is 1. The van der Waals surface area contributed by atoms with Crippen LogP contribution in [0.25, 0.3) is 10.9 Å². The Morgan fingerprint density at radius 3 is 2.18 bits per heavy atom. The number of ether oxygens (including phenoxy) is 1. The number of fused-ring (bicyclic) bond motifs is 5. The lowest BCUT2D eigenvalue weighted by atomic mass is 9.93. The smallest absolute Gasteiger partial charge is 0.407 e. The lowest BCUT2D eigenvalue weighted by molar-refractivity contribution is -0.144. The second-order valence-corrected chi connectivity index (χ2v) is 22.4. The van der Waals surface area contributed by atoms with Gasteiger partial charge in [0.2, 0.25) is 53.2 Å². The van der Waals surface area contributed by atoms with Crippen molar-refractivity contribution in [1.29, 1.82) is 0 Å². The fraction of sp³-hybridized carbons (Fsp3) is 0.640. The van der Waals surface area contributed by atoms with E-state index in [1.165, 1.54) is 13.0 Å². The average Bonchev–Trinajstić information content (AvgIpc) is 4.09. The van der Waals surface area contributed by atoms with Crippen LogP contribution in [0.4, 0.5) is 10.5 Å². The molecule has 4 aliphatic heterocycles. The number of phenolic OH excluding ortho intramolecular Hbond substituents is 1. The predicted molar refractivity (Wildman–Crippen MR) is 285 cm³/mol. The normalized spacial score (nSPS) is 26.0. The summed E-state index contributed by atoms with van der Waals surface area (Å²) in [7, 11) is 0. The van der Waals surface area contributed by atoms with Crippen molar-refractivity contribution >= 4 is 87.6 Å². The Bertz CT molecular complexity index is 2620. The summed E-state index contributed by atoms with van der Waals surface area (Å²) in [5, 5.41) is 64.7. The first kappa shape index (κ1) is 61.3. The number of nitrogens with zero attached hydrogens (tertiary/aromatic N) is 3. The quantitative estimate of drug-likeness (QED) is 0.101.